The maximum Gasteiger partial charge on any atom is 0.0641 e. The van der Waals surface area contributed by atoms with Gasteiger partial charge in [-0.25, -0.2) is 0 Å². The molecule has 1 atom stereocenters. The molecule has 1 N–H and O–H groups in total. The van der Waals surface area contributed by atoms with Crippen LogP contribution >= 0.6 is 0 Å². The lowest BCUT2D eigenvalue weighted by Gasteiger charge is -2.20. The van der Waals surface area contributed by atoms with E-state index >= 15 is 0 Å². The van der Waals surface area contributed by atoms with Gasteiger partial charge < -0.3 is 15.0 Å². The van der Waals surface area contributed by atoms with E-state index in [-0.39, 0.29) is 0 Å². The van der Waals surface area contributed by atoms with Crippen LogP contribution in [0.4, 0.5) is 5.69 Å². The summed E-state index contributed by atoms with van der Waals surface area (Å²) in [6.45, 7) is 7.94. The van der Waals surface area contributed by atoms with E-state index in [0.717, 1.165) is 50.0 Å². The van der Waals surface area contributed by atoms with Gasteiger partial charge in [0, 0.05) is 26.2 Å². The van der Waals surface area contributed by atoms with E-state index in [0.29, 0.717) is 6.04 Å². The lowest BCUT2D eigenvalue weighted by Crippen LogP contribution is -2.24. The molecule has 2 rings (SSSR count). The first-order valence-corrected chi connectivity index (χ1v) is 8.22. The van der Waals surface area contributed by atoms with Crippen molar-refractivity contribution in [1.82, 2.24) is 10.3 Å². The molecule has 1 aromatic heterocycles. The largest absolute Gasteiger partial charge is 0.379 e. The van der Waals surface area contributed by atoms with Gasteiger partial charge in [0.2, 0.25) is 0 Å². The highest BCUT2D eigenvalue weighted by molar-refractivity contribution is 5.43. The van der Waals surface area contributed by atoms with Crippen molar-refractivity contribution in [2.75, 3.05) is 38.3 Å². The first-order chi connectivity index (χ1) is 10.2. The van der Waals surface area contributed by atoms with Crippen molar-refractivity contribution in [3.8, 4) is 0 Å². The summed E-state index contributed by atoms with van der Waals surface area (Å²) < 4.78 is 5.69. The van der Waals surface area contributed by atoms with E-state index < -0.39 is 0 Å². The molecule has 4 heteroatoms. The Bertz CT molecular complexity index is 403. The number of nitrogens with one attached hydrogen (secondary N) is 1. The van der Waals surface area contributed by atoms with Crippen molar-refractivity contribution < 1.29 is 4.74 Å². The summed E-state index contributed by atoms with van der Waals surface area (Å²) in [7, 11) is 2.10. The van der Waals surface area contributed by atoms with E-state index in [1.807, 2.05) is 6.20 Å². The van der Waals surface area contributed by atoms with E-state index in [1.165, 1.54) is 12.8 Å². The van der Waals surface area contributed by atoms with Gasteiger partial charge in [0.05, 0.1) is 24.2 Å². The summed E-state index contributed by atoms with van der Waals surface area (Å²) in [6, 6.07) is 4.65. The fourth-order valence-electron chi connectivity index (χ4n) is 2.40. The number of aromatic nitrogens is 1. The van der Waals surface area contributed by atoms with Crippen LogP contribution in [0.15, 0.2) is 18.3 Å². The predicted molar refractivity (Wildman–Crippen MR) is 87.8 cm³/mol. The number of hydrogen-bond donors (Lipinski definition) is 1. The summed E-state index contributed by atoms with van der Waals surface area (Å²) in [5, 5.41) is 3.46. The molecule has 21 heavy (non-hydrogen) atoms. The molecule has 1 unspecified atom stereocenters. The van der Waals surface area contributed by atoms with Crippen molar-refractivity contribution >= 4 is 5.69 Å². The fraction of sp³-hybridized carbons (Fsp3) is 0.706. The molecule has 1 saturated carbocycles. The molecule has 0 aliphatic heterocycles. The zero-order chi connectivity index (χ0) is 15.1. The van der Waals surface area contributed by atoms with Crippen LogP contribution in [0.3, 0.4) is 0 Å². The van der Waals surface area contributed by atoms with Crippen LogP contribution in [0.1, 0.15) is 44.8 Å². The Morgan fingerprint density at radius 3 is 2.76 bits per heavy atom. The highest BCUT2D eigenvalue weighted by atomic mass is 16.5. The highest BCUT2D eigenvalue weighted by Gasteiger charge is 2.21. The Hall–Kier alpha value is -1.13. The van der Waals surface area contributed by atoms with Crippen LogP contribution < -0.4 is 10.2 Å². The molecule has 0 radical (unpaired) electrons. The normalized spacial score (nSPS) is 16.0. The predicted octanol–water partition coefficient (Wildman–Crippen LogP) is 3.01. The quantitative estimate of drug-likeness (QED) is 0.672. The minimum Gasteiger partial charge on any atom is -0.379 e. The Kier molecular flexibility index (Phi) is 6.46. The number of ether oxygens (including phenoxy) is 1. The Balaban J connectivity index is 1.78. The van der Waals surface area contributed by atoms with Gasteiger partial charge in [0.15, 0.2) is 0 Å². The van der Waals surface area contributed by atoms with Crippen molar-refractivity contribution in [3.05, 3.63) is 24.0 Å². The first-order valence-electron chi connectivity index (χ1n) is 8.22. The maximum atomic E-state index is 5.69. The molecule has 1 aromatic rings. The number of likely N-dealkylation sites (N-methyl/N-ethyl adjacent to an activating group) is 1. The Morgan fingerprint density at radius 1 is 1.38 bits per heavy atom. The summed E-state index contributed by atoms with van der Waals surface area (Å²) in [5.41, 5.74) is 2.28. The SMILES string of the molecule is CCNC(CC)c1ccc(N(C)CCOCC2CC2)cn1. The van der Waals surface area contributed by atoms with Crippen molar-refractivity contribution in [2.24, 2.45) is 5.92 Å². The molecule has 0 aromatic carbocycles. The van der Waals surface area contributed by atoms with Crippen LogP contribution in [-0.2, 0) is 4.74 Å². The molecule has 1 aliphatic carbocycles. The highest BCUT2D eigenvalue weighted by Crippen LogP contribution is 2.28. The first kappa shape index (κ1) is 16.2. The number of rotatable bonds is 10. The molecule has 1 heterocycles. The van der Waals surface area contributed by atoms with Crippen molar-refractivity contribution in [2.45, 2.75) is 39.2 Å². The lowest BCUT2D eigenvalue weighted by atomic mass is 10.1. The Labute approximate surface area is 128 Å². The summed E-state index contributed by atoms with van der Waals surface area (Å²) in [6.07, 6.45) is 5.73. The van der Waals surface area contributed by atoms with Crippen molar-refractivity contribution in [1.29, 1.82) is 0 Å². The van der Waals surface area contributed by atoms with Gasteiger partial charge in [0.1, 0.15) is 0 Å². The minimum atomic E-state index is 0.358. The second-order valence-corrected chi connectivity index (χ2v) is 5.90. The minimum absolute atomic E-state index is 0.358. The number of hydrogen-bond acceptors (Lipinski definition) is 4. The van der Waals surface area contributed by atoms with Gasteiger partial charge in [-0.15, -0.1) is 0 Å². The lowest BCUT2D eigenvalue weighted by molar-refractivity contribution is 0.131. The maximum absolute atomic E-state index is 5.69. The third-order valence-corrected chi connectivity index (χ3v) is 4.05. The van der Waals surface area contributed by atoms with E-state index in [2.05, 4.69) is 48.2 Å². The van der Waals surface area contributed by atoms with Gasteiger partial charge in [-0.3, -0.25) is 4.98 Å². The van der Waals surface area contributed by atoms with Crippen LogP contribution in [0.25, 0.3) is 0 Å². The second kappa shape index (κ2) is 8.35. The van der Waals surface area contributed by atoms with E-state index in [1.54, 1.807) is 0 Å². The number of nitrogens with zero attached hydrogens (tertiary/aromatic N) is 2. The topological polar surface area (TPSA) is 37.4 Å². The molecule has 0 spiro atoms. The second-order valence-electron chi connectivity index (χ2n) is 5.90. The third-order valence-electron chi connectivity index (χ3n) is 4.05. The zero-order valence-electron chi connectivity index (χ0n) is 13.6. The van der Waals surface area contributed by atoms with Crippen LogP contribution in [0.2, 0.25) is 0 Å². The van der Waals surface area contributed by atoms with Crippen LogP contribution in [0, 0.1) is 5.92 Å². The molecule has 4 nitrogen and oxygen atoms in total. The molecular formula is C17H29N3O. The van der Waals surface area contributed by atoms with Gasteiger partial charge in [-0.05, 0) is 43.9 Å². The zero-order valence-corrected chi connectivity index (χ0v) is 13.6. The van der Waals surface area contributed by atoms with Gasteiger partial charge in [-0.1, -0.05) is 13.8 Å². The van der Waals surface area contributed by atoms with Gasteiger partial charge in [0.25, 0.3) is 0 Å². The number of anilines is 1. The molecule has 1 aliphatic rings. The smallest absolute Gasteiger partial charge is 0.0641 e. The van der Waals surface area contributed by atoms with E-state index in [9.17, 15) is 0 Å². The summed E-state index contributed by atoms with van der Waals surface area (Å²) in [4.78, 5) is 6.82. The summed E-state index contributed by atoms with van der Waals surface area (Å²) >= 11 is 0. The van der Waals surface area contributed by atoms with Crippen LogP contribution in [0.5, 0.6) is 0 Å². The standard InChI is InChI=1S/C17H29N3O/c1-4-16(18-5-2)17-9-8-15(12-19-17)20(3)10-11-21-13-14-6-7-14/h8-9,12,14,16,18H,4-7,10-11,13H2,1-3H3. The fourth-order valence-corrected chi connectivity index (χ4v) is 2.40. The molecular weight excluding hydrogens is 262 g/mol. The van der Waals surface area contributed by atoms with Gasteiger partial charge >= 0.3 is 0 Å². The van der Waals surface area contributed by atoms with Crippen LogP contribution in [-0.4, -0.2) is 38.3 Å². The third kappa shape index (κ3) is 5.29. The van der Waals surface area contributed by atoms with Crippen molar-refractivity contribution in [3.63, 3.8) is 0 Å². The number of pyridine rings is 1. The average Bonchev–Trinajstić information content (AvgIpc) is 3.33. The molecule has 0 amide bonds. The molecule has 0 saturated heterocycles. The monoisotopic (exact) mass is 291 g/mol. The van der Waals surface area contributed by atoms with Gasteiger partial charge in [-0.2, -0.15) is 0 Å². The Morgan fingerprint density at radius 2 is 2.19 bits per heavy atom. The molecule has 0 bridgehead atoms. The van der Waals surface area contributed by atoms with E-state index in [4.69, 9.17) is 4.74 Å². The summed E-state index contributed by atoms with van der Waals surface area (Å²) in [5.74, 6) is 0.841. The molecule has 118 valence electrons. The molecule has 1 fully saturated rings. The average molecular weight is 291 g/mol.